The summed E-state index contributed by atoms with van der Waals surface area (Å²) in [6, 6.07) is 3.72. The zero-order valence-electron chi connectivity index (χ0n) is 11.4. The van der Waals surface area contributed by atoms with E-state index >= 15 is 0 Å². The first kappa shape index (κ1) is 13.8. The number of urea groups is 1. The number of piperidine rings is 1. The van der Waals surface area contributed by atoms with E-state index < -0.39 is 0 Å². The number of hydrogen-bond acceptors (Lipinski definition) is 5. The van der Waals surface area contributed by atoms with Crippen molar-refractivity contribution in [2.45, 2.75) is 18.9 Å². The Morgan fingerprint density at radius 3 is 3.19 bits per heavy atom. The number of anilines is 1. The molecule has 2 aromatic rings. The maximum atomic E-state index is 12.2. The first-order valence-corrected chi connectivity index (χ1v) is 7.71. The van der Waals surface area contributed by atoms with Crippen LogP contribution in [-0.4, -0.2) is 40.1 Å². The first-order chi connectivity index (χ1) is 10.3. The number of nitrogens with one attached hydrogen (secondary N) is 1. The highest BCUT2D eigenvalue weighted by molar-refractivity contribution is 7.14. The van der Waals surface area contributed by atoms with Crippen LogP contribution in [0.4, 0.5) is 9.80 Å². The van der Waals surface area contributed by atoms with Crippen LogP contribution in [0.3, 0.4) is 0 Å². The number of aromatic nitrogens is 2. The van der Waals surface area contributed by atoms with Crippen molar-refractivity contribution >= 4 is 22.4 Å². The van der Waals surface area contributed by atoms with Crippen LogP contribution in [0.25, 0.3) is 0 Å². The largest absolute Gasteiger partial charge is 0.471 e. The van der Waals surface area contributed by atoms with Crippen LogP contribution < -0.4 is 10.1 Å². The molecule has 1 aliphatic rings. The molecule has 2 amide bonds. The lowest BCUT2D eigenvalue weighted by Crippen LogP contribution is -2.46. The first-order valence-electron chi connectivity index (χ1n) is 6.83. The minimum atomic E-state index is -0.0788. The second-order valence-corrected chi connectivity index (χ2v) is 5.73. The highest BCUT2D eigenvalue weighted by Crippen LogP contribution is 2.19. The summed E-state index contributed by atoms with van der Waals surface area (Å²) >= 11 is 1.51. The van der Waals surface area contributed by atoms with Crippen molar-refractivity contribution in [1.29, 1.82) is 0 Å². The van der Waals surface area contributed by atoms with E-state index in [2.05, 4.69) is 15.3 Å². The van der Waals surface area contributed by atoms with Gasteiger partial charge in [0.1, 0.15) is 6.10 Å². The summed E-state index contributed by atoms with van der Waals surface area (Å²) in [6.45, 7) is 1.31. The average molecular weight is 304 g/mol. The summed E-state index contributed by atoms with van der Waals surface area (Å²) in [4.78, 5) is 22.1. The summed E-state index contributed by atoms with van der Waals surface area (Å²) in [7, 11) is 0. The number of hydrogen-bond donors (Lipinski definition) is 1. The van der Waals surface area contributed by atoms with Gasteiger partial charge in [0, 0.05) is 18.9 Å². The molecule has 1 saturated heterocycles. The van der Waals surface area contributed by atoms with Gasteiger partial charge in [-0.15, -0.1) is 11.3 Å². The van der Waals surface area contributed by atoms with Gasteiger partial charge in [-0.25, -0.2) is 9.78 Å². The van der Waals surface area contributed by atoms with Crippen LogP contribution in [0.5, 0.6) is 5.88 Å². The second kappa shape index (κ2) is 6.53. The van der Waals surface area contributed by atoms with Gasteiger partial charge in [-0.1, -0.05) is 0 Å². The Morgan fingerprint density at radius 1 is 1.48 bits per heavy atom. The van der Waals surface area contributed by atoms with E-state index in [-0.39, 0.29) is 12.1 Å². The van der Waals surface area contributed by atoms with Gasteiger partial charge in [0.25, 0.3) is 0 Å². The van der Waals surface area contributed by atoms with Crippen LogP contribution in [0.1, 0.15) is 12.8 Å². The minimum Gasteiger partial charge on any atom is -0.471 e. The summed E-state index contributed by atoms with van der Waals surface area (Å²) in [5.41, 5.74) is 0. The average Bonchev–Trinajstić information content (AvgIpc) is 3.01. The Morgan fingerprint density at radius 2 is 2.43 bits per heavy atom. The lowest BCUT2D eigenvalue weighted by atomic mass is 10.1. The molecule has 0 aromatic carbocycles. The second-order valence-electron chi connectivity index (χ2n) is 4.78. The van der Waals surface area contributed by atoms with Crippen LogP contribution in [0.15, 0.2) is 36.1 Å². The van der Waals surface area contributed by atoms with Gasteiger partial charge in [-0.05, 0) is 30.4 Å². The van der Waals surface area contributed by atoms with E-state index in [1.54, 1.807) is 23.5 Å². The highest BCUT2D eigenvalue weighted by Gasteiger charge is 2.25. The molecule has 110 valence electrons. The van der Waals surface area contributed by atoms with Crippen molar-refractivity contribution in [1.82, 2.24) is 14.9 Å². The number of nitrogens with zero attached hydrogens (tertiary/aromatic N) is 3. The van der Waals surface area contributed by atoms with E-state index in [1.807, 2.05) is 17.5 Å². The molecule has 1 fully saturated rings. The van der Waals surface area contributed by atoms with Gasteiger partial charge in [-0.3, -0.25) is 10.3 Å². The smallest absolute Gasteiger partial charge is 0.322 e. The normalized spacial score (nSPS) is 18.3. The SMILES string of the molecule is O=C(Nc1cccs1)N1CCCC(Oc2cnccn2)C1. The number of rotatable bonds is 3. The molecular formula is C14H16N4O2S. The van der Waals surface area contributed by atoms with Crippen LogP contribution in [0.2, 0.25) is 0 Å². The van der Waals surface area contributed by atoms with Crippen molar-refractivity contribution in [3.8, 4) is 5.88 Å². The standard InChI is InChI=1S/C14H16N4O2S/c19-14(17-13-4-2-8-21-13)18-7-1-3-11(10-18)20-12-9-15-5-6-16-12/h2,4-6,8-9,11H,1,3,7,10H2,(H,17,19). The van der Waals surface area contributed by atoms with Gasteiger partial charge >= 0.3 is 6.03 Å². The van der Waals surface area contributed by atoms with Gasteiger partial charge in [0.2, 0.25) is 5.88 Å². The van der Waals surface area contributed by atoms with Crippen molar-refractivity contribution in [3.63, 3.8) is 0 Å². The summed E-state index contributed by atoms with van der Waals surface area (Å²) < 4.78 is 5.78. The molecule has 1 unspecified atom stereocenters. The Kier molecular flexibility index (Phi) is 4.30. The lowest BCUT2D eigenvalue weighted by molar-refractivity contribution is 0.102. The minimum absolute atomic E-state index is 0.0375. The number of carbonyl (C=O) groups excluding carboxylic acids is 1. The van der Waals surface area contributed by atoms with Crippen molar-refractivity contribution in [2.75, 3.05) is 18.4 Å². The van der Waals surface area contributed by atoms with Gasteiger partial charge in [-0.2, -0.15) is 0 Å². The number of carbonyl (C=O) groups is 1. The highest BCUT2D eigenvalue weighted by atomic mass is 32.1. The lowest BCUT2D eigenvalue weighted by Gasteiger charge is -2.32. The third-order valence-corrected chi connectivity index (χ3v) is 4.03. The summed E-state index contributed by atoms with van der Waals surface area (Å²) in [6.07, 6.45) is 6.59. The fraction of sp³-hybridized carbons (Fsp3) is 0.357. The quantitative estimate of drug-likeness (QED) is 0.946. The predicted octanol–water partition coefficient (Wildman–Crippen LogP) is 2.61. The van der Waals surface area contributed by atoms with Crippen molar-refractivity contribution in [2.24, 2.45) is 0 Å². The van der Waals surface area contributed by atoms with E-state index in [1.165, 1.54) is 11.3 Å². The van der Waals surface area contributed by atoms with Crippen molar-refractivity contribution < 1.29 is 9.53 Å². The van der Waals surface area contributed by atoms with E-state index in [0.29, 0.717) is 12.4 Å². The van der Waals surface area contributed by atoms with E-state index in [4.69, 9.17) is 4.74 Å². The van der Waals surface area contributed by atoms with Gasteiger partial charge in [0.05, 0.1) is 17.7 Å². The Bertz CT molecular complexity index is 576. The Hall–Kier alpha value is -2.15. The summed E-state index contributed by atoms with van der Waals surface area (Å²) in [5.74, 6) is 0.503. The molecule has 21 heavy (non-hydrogen) atoms. The Labute approximate surface area is 126 Å². The molecule has 0 aliphatic carbocycles. The number of ether oxygens (including phenoxy) is 1. The summed E-state index contributed by atoms with van der Waals surface area (Å²) in [5, 5.41) is 5.69. The Balaban J connectivity index is 1.56. The van der Waals surface area contributed by atoms with Crippen LogP contribution in [0, 0.1) is 0 Å². The number of amides is 2. The molecule has 1 aliphatic heterocycles. The molecule has 7 heteroatoms. The maximum Gasteiger partial charge on any atom is 0.322 e. The molecule has 6 nitrogen and oxygen atoms in total. The maximum absolute atomic E-state index is 12.2. The molecule has 3 heterocycles. The fourth-order valence-corrected chi connectivity index (χ4v) is 2.88. The predicted molar refractivity (Wildman–Crippen MR) is 80.6 cm³/mol. The molecule has 1 N–H and O–H groups in total. The zero-order valence-corrected chi connectivity index (χ0v) is 12.3. The number of likely N-dealkylation sites (tertiary alicyclic amines) is 1. The number of thiophene rings is 1. The van der Waals surface area contributed by atoms with Crippen LogP contribution >= 0.6 is 11.3 Å². The molecule has 0 spiro atoms. The molecular weight excluding hydrogens is 288 g/mol. The fourth-order valence-electron chi connectivity index (χ4n) is 2.27. The molecule has 2 aromatic heterocycles. The monoisotopic (exact) mass is 304 g/mol. The van der Waals surface area contributed by atoms with E-state index in [9.17, 15) is 4.79 Å². The topological polar surface area (TPSA) is 67.4 Å². The molecule has 0 bridgehead atoms. The third kappa shape index (κ3) is 3.69. The van der Waals surface area contributed by atoms with E-state index in [0.717, 1.165) is 24.4 Å². The third-order valence-electron chi connectivity index (χ3n) is 3.24. The molecule has 3 rings (SSSR count). The van der Waals surface area contributed by atoms with Crippen LogP contribution in [-0.2, 0) is 0 Å². The molecule has 0 saturated carbocycles. The molecule has 0 radical (unpaired) electrons. The van der Waals surface area contributed by atoms with Gasteiger partial charge < -0.3 is 9.64 Å². The molecule has 1 atom stereocenters. The van der Waals surface area contributed by atoms with Gasteiger partial charge in [0.15, 0.2) is 0 Å². The van der Waals surface area contributed by atoms with Crippen molar-refractivity contribution in [3.05, 3.63) is 36.1 Å². The zero-order chi connectivity index (χ0) is 14.5.